The second kappa shape index (κ2) is 42.3. The molecule has 0 aromatic heterocycles. The lowest BCUT2D eigenvalue weighted by atomic mass is 10.0. The van der Waals surface area contributed by atoms with Gasteiger partial charge >= 0.3 is 11.9 Å². The largest absolute Gasteiger partial charge is 0.481 e. The van der Waals surface area contributed by atoms with Crippen molar-refractivity contribution in [2.75, 3.05) is 72.5 Å². The number of aliphatic carboxylic acids is 2. The molecule has 63 heavy (non-hydrogen) atoms. The number of Topliss-reactive ketones (excluding diaryl/α,β-unsaturated/α-hetero) is 1. The van der Waals surface area contributed by atoms with Crippen LogP contribution < -0.4 is 26.6 Å². The Morgan fingerprint density at radius 3 is 1.35 bits per heavy atom. The summed E-state index contributed by atoms with van der Waals surface area (Å²) in [6.45, 7) is 7.69. The number of nitrogens with one attached hydrogen (secondary N) is 5. The van der Waals surface area contributed by atoms with Crippen LogP contribution in [-0.2, 0) is 52.5 Å². The fraction of sp³-hybridized carbons (Fsp3) is 0.844. The Morgan fingerprint density at radius 2 is 0.889 bits per heavy atom. The smallest absolute Gasteiger partial charge is 0.326 e. The molecule has 0 aliphatic rings. The van der Waals surface area contributed by atoms with Gasteiger partial charge in [0.05, 0.1) is 45.7 Å². The third kappa shape index (κ3) is 42.0. The first-order valence-electron chi connectivity index (χ1n) is 23.4. The molecule has 0 rings (SSSR count). The van der Waals surface area contributed by atoms with Gasteiger partial charge in [-0.25, -0.2) is 4.79 Å². The molecule has 0 fully saturated rings. The maximum Gasteiger partial charge on any atom is 0.326 e. The van der Waals surface area contributed by atoms with Gasteiger partial charge in [0, 0.05) is 44.9 Å². The van der Waals surface area contributed by atoms with Crippen molar-refractivity contribution < 1.29 is 62.7 Å². The molecule has 366 valence electrons. The lowest BCUT2D eigenvalue weighted by Crippen LogP contribution is -2.41. The highest BCUT2D eigenvalue weighted by Crippen LogP contribution is 2.14. The van der Waals surface area contributed by atoms with E-state index < -0.39 is 18.0 Å². The Balaban J connectivity index is 3.67. The summed E-state index contributed by atoms with van der Waals surface area (Å²) in [4.78, 5) is 82.3. The third-order valence-electron chi connectivity index (χ3n) is 9.95. The van der Waals surface area contributed by atoms with Crippen molar-refractivity contribution in [3.8, 4) is 0 Å². The minimum absolute atomic E-state index is 0.0261. The van der Waals surface area contributed by atoms with E-state index in [0.717, 1.165) is 57.8 Å². The number of carbonyl (C=O) groups excluding carboxylic acids is 5. The molecular formula is C45H83N5O13. The van der Waals surface area contributed by atoms with Crippen molar-refractivity contribution in [2.24, 2.45) is 0 Å². The van der Waals surface area contributed by atoms with Crippen molar-refractivity contribution in [1.29, 1.82) is 0 Å². The van der Waals surface area contributed by atoms with Crippen molar-refractivity contribution in [1.82, 2.24) is 26.6 Å². The molecule has 4 amide bonds. The number of hydrogen-bond acceptors (Lipinski definition) is 12. The Labute approximate surface area is 376 Å². The van der Waals surface area contributed by atoms with E-state index in [2.05, 4.69) is 26.6 Å². The van der Waals surface area contributed by atoms with E-state index in [-0.39, 0.29) is 133 Å². The number of ether oxygens (including phenoxy) is 4. The molecule has 0 aromatic rings. The van der Waals surface area contributed by atoms with Gasteiger partial charge in [0.15, 0.2) is 0 Å². The fourth-order valence-corrected chi connectivity index (χ4v) is 6.48. The zero-order valence-corrected chi connectivity index (χ0v) is 38.7. The maximum absolute atomic E-state index is 12.3. The van der Waals surface area contributed by atoms with E-state index in [1.54, 1.807) is 6.92 Å². The number of carbonyl (C=O) groups is 7. The average Bonchev–Trinajstić information content (AvgIpc) is 3.22. The molecule has 0 bridgehead atoms. The predicted octanol–water partition coefficient (Wildman–Crippen LogP) is 4.20. The predicted molar refractivity (Wildman–Crippen MR) is 239 cm³/mol. The molecule has 18 heteroatoms. The summed E-state index contributed by atoms with van der Waals surface area (Å²) in [5, 5.41) is 32.1. The average molecular weight is 902 g/mol. The monoisotopic (exact) mass is 902 g/mol. The summed E-state index contributed by atoms with van der Waals surface area (Å²) in [7, 11) is 0. The van der Waals surface area contributed by atoms with Crippen LogP contribution in [0.25, 0.3) is 0 Å². The zero-order valence-electron chi connectivity index (χ0n) is 38.7. The van der Waals surface area contributed by atoms with Crippen LogP contribution in [0, 0.1) is 0 Å². The molecule has 0 spiro atoms. The first kappa shape index (κ1) is 59.3. The van der Waals surface area contributed by atoms with Gasteiger partial charge in [0.1, 0.15) is 25.0 Å². The van der Waals surface area contributed by atoms with E-state index in [1.807, 2.05) is 13.8 Å². The van der Waals surface area contributed by atoms with Crippen molar-refractivity contribution >= 4 is 41.4 Å². The summed E-state index contributed by atoms with van der Waals surface area (Å²) in [5.74, 6) is -3.00. The van der Waals surface area contributed by atoms with Crippen LogP contribution in [-0.4, -0.2) is 142 Å². The van der Waals surface area contributed by atoms with Gasteiger partial charge in [-0.05, 0) is 45.4 Å². The normalized spacial score (nSPS) is 12.1. The molecule has 7 N–H and O–H groups in total. The van der Waals surface area contributed by atoms with Gasteiger partial charge in [-0.1, -0.05) is 90.9 Å². The number of ketones is 1. The number of unbranched alkanes of at least 4 members (excludes halogenated alkanes) is 14. The quantitative estimate of drug-likeness (QED) is 0.0423. The summed E-state index contributed by atoms with van der Waals surface area (Å²) in [5.41, 5.74) is 0. The second-order valence-corrected chi connectivity index (χ2v) is 16.2. The molecular weight excluding hydrogens is 819 g/mol. The van der Waals surface area contributed by atoms with Crippen LogP contribution in [0.2, 0.25) is 0 Å². The summed E-state index contributed by atoms with van der Waals surface area (Å²) in [6.07, 6.45) is 17.8. The molecule has 2 atom stereocenters. The van der Waals surface area contributed by atoms with Gasteiger partial charge in [0.25, 0.3) is 0 Å². The Morgan fingerprint density at radius 1 is 0.444 bits per heavy atom. The van der Waals surface area contributed by atoms with Crippen LogP contribution >= 0.6 is 0 Å². The number of carboxylic acid groups (broad SMARTS) is 2. The summed E-state index contributed by atoms with van der Waals surface area (Å²) >= 11 is 0. The Hall–Kier alpha value is -3.71. The molecule has 0 heterocycles. The van der Waals surface area contributed by atoms with Crippen LogP contribution in [0.4, 0.5) is 0 Å². The fourth-order valence-electron chi connectivity index (χ4n) is 6.48. The number of carboxylic acids is 2. The third-order valence-corrected chi connectivity index (χ3v) is 9.95. The highest BCUT2D eigenvalue weighted by molar-refractivity contribution is 5.84. The van der Waals surface area contributed by atoms with Gasteiger partial charge < -0.3 is 55.7 Å². The first-order valence-corrected chi connectivity index (χ1v) is 23.4. The topological polar surface area (TPSA) is 257 Å². The van der Waals surface area contributed by atoms with Crippen LogP contribution in [0.3, 0.4) is 0 Å². The summed E-state index contributed by atoms with van der Waals surface area (Å²) in [6, 6.07) is -1.07. The Kier molecular flexibility index (Phi) is 39.8. The summed E-state index contributed by atoms with van der Waals surface area (Å²) < 4.78 is 21.4. The molecule has 0 saturated heterocycles. The molecule has 0 aromatic carbocycles. The van der Waals surface area contributed by atoms with E-state index in [4.69, 9.17) is 24.1 Å². The van der Waals surface area contributed by atoms with Gasteiger partial charge in [-0.2, -0.15) is 0 Å². The van der Waals surface area contributed by atoms with Crippen molar-refractivity contribution in [3.05, 3.63) is 0 Å². The molecule has 0 aliphatic carbocycles. The van der Waals surface area contributed by atoms with Crippen LogP contribution in [0.1, 0.15) is 156 Å². The Bertz CT molecular complexity index is 1240. The van der Waals surface area contributed by atoms with E-state index in [9.17, 15) is 38.7 Å². The highest BCUT2D eigenvalue weighted by atomic mass is 16.5. The molecule has 0 unspecified atom stereocenters. The SMILES string of the molecule is CC(=O)[C@H](CCCCNC(=O)COCCOCCNC(=O)COCCOCCNC(=O)CC[C@H](NC(=O)CCCCCCCCCCCCCCCCC(=O)O)C(=O)O)NC(C)C. The van der Waals surface area contributed by atoms with E-state index in [1.165, 1.54) is 44.9 Å². The maximum atomic E-state index is 12.3. The highest BCUT2D eigenvalue weighted by Gasteiger charge is 2.21. The lowest BCUT2D eigenvalue weighted by Gasteiger charge is -2.18. The van der Waals surface area contributed by atoms with Crippen LogP contribution in [0.15, 0.2) is 0 Å². The number of rotatable bonds is 46. The van der Waals surface area contributed by atoms with Gasteiger partial charge in [-0.3, -0.25) is 28.8 Å². The molecule has 0 radical (unpaired) electrons. The van der Waals surface area contributed by atoms with E-state index in [0.29, 0.717) is 13.0 Å². The minimum Gasteiger partial charge on any atom is -0.481 e. The lowest BCUT2D eigenvalue weighted by molar-refractivity contribution is -0.142. The minimum atomic E-state index is -1.18. The zero-order chi connectivity index (χ0) is 46.8. The standard InChI is InChI=1S/C45H83N5O13/c1-36(2)49-38(37(3)51)20-18-19-25-46-42(54)34-62-32-31-61-29-27-48-43(55)35-63-33-30-60-28-26-47-40(52)24-23-39(45(58)59)50-41(53)21-16-14-12-10-8-6-4-5-7-9-11-13-15-17-22-44(56)57/h36,38-39,49H,4-35H2,1-3H3,(H,46,54)(H,47,52)(H,48,55)(H,50,53)(H,56,57)(H,58,59)/t38-,39-/m0/s1. The van der Waals surface area contributed by atoms with Crippen LogP contribution in [0.5, 0.6) is 0 Å². The van der Waals surface area contributed by atoms with Crippen molar-refractivity contribution in [3.63, 3.8) is 0 Å². The molecule has 0 aliphatic heterocycles. The van der Waals surface area contributed by atoms with E-state index >= 15 is 0 Å². The van der Waals surface area contributed by atoms with Crippen molar-refractivity contribution in [2.45, 2.75) is 174 Å². The van der Waals surface area contributed by atoms with Gasteiger partial charge in [-0.15, -0.1) is 0 Å². The molecule has 18 nitrogen and oxygen atoms in total. The van der Waals surface area contributed by atoms with Gasteiger partial charge in [0.2, 0.25) is 23.6 Å². The number of amides is 4. The first-order chi connectivity index (χ1) is 30.3. The number of hydrogen-bond donors (Lipinski definition) is 7. The molecule has 0 saturated carbocycles. The second-order valence-electron chi connectivity index (χ2n) is 16.2.